The lowest BCUT2D eigenvalue weighted by atomic mass is 9.82. The van der Waals surface area contributed by atoms with Crippen LogP contribution in [0.4, 0.5) is 56.9 Å². The minimum absolute atomic E-state index is 1.08. The Morgan fingerprint density at radius 3 is 1.08 bits per heavy atom. The Labute approximate surface area is 411 Å². The fourth-order valence-corrected chi connectivity index (χ4v) is 12.1. The van der Waals surface area contributed by atoms with Crippen molar-refractivity contribution in [1.82, 2.24) is 0 Å². The van der Waals surface area contributed by atoms with Gasteiger partial charge in [0.15, 0.2) is 0 Å². The fourth-order valence-electron chi connectivity index (χ4n) is 12.1. The number of hydrogen-bond acceptors (Lipinski definition) is 4. The molecule has 0 aliphatic carbocycles. The van der Waals surface area contributed by atoms with E-state index in [1.165, 1.54) is 86.9 Å². The summed E-state index contributed by atoms with van der Waals surface area (Å²) in [5.41, 5.74) is 16.1. The minimum atomic E-state index is 1.08. The smallest absolute Gasteiger partial charge is 0.0699 e. The van der Waals surface area contributed by atoms with Crippen molar-refractivity contribution in [3.05, 3.63) is 243 Å². The predicted molar refractivity (Wildman–Crippen MR) is 303 cm³/mol. The largest absolute Gasteiger partial charge is 0.352 e. The van der Waals surface area contributed by atoms with Crippen molar-refractivity contribution in [3.8, 4) is 22.3 Å². The summed E-state index contributed by atoms with van der Waals surface area (Å²) in [6.07, 6.45) is 0. The topological polar surface area (TPSA) is 21.8 Å². The number of para-hydroxylation sites is 8. The molecule has 0 bridgehead atoms. The van der Waals surface area contributed by atoms with Crippen LogP contribution in [0, 0.1) is 0 Å². The first kappa shape index (κ1) is 39.6. The molecule has 0 spiro atoms. The van der Waals surface area contributed by atoms with Gasteiger partial charge in [-0.15, -0.1) is 0 Å². The Bertz CT molecular complexity index is 4290. The molecule has 0 fully saturated rings. The molecule has 0 saturated carbocycles. The molecule has 0 unspecified atom stereocenters. The Balaban J connectivity index is 1.13. The number of nitrogens with zero attached hydrogens (tertiary/aromatic N) is 3. The van der Waals surface area contributed by atoms with Crippen LogP contribution in [-0.4, -0.2) is 7.05 Å². The van der Waals surface area contributed by atoms with E-state index in [4.69, 9.17) is 0 Å². The van der Waals surface area contributed by atoms with Crippen LogP contribution in [0.15, 0.2) is 243 Å². The summed E-state index contributed by atoms with van der Waals surface area (Å²) in [7, 11) is 2.18. The normalized spacial score (nSPS) is 12.9. The summed E-state index contributed by atoms with van der Waals surface area (Å²) in [5.74, 6) is 0. The summed E-state index contributed by atoms with van der Waals surface area (Å²) in [4.78, 5) is 7.21. The summed E-state index contributed by atoms with van der Waals surface area (Å²) < 4.78 is 0. The zero-order valence-corrected chi connectivity index (χ0v) is 38.9. The van der Waals surface area contributed by atoms with E-state index in [-0.39, 0.29) is 0 Å². The predicted octanol–water partition coefficient (Wildman–Crippen LogP) is 19.0. The third kappa shape index (κ3) is 5.86. The molecule has 4 heteroatoms. The third-order valence-electron chi connectivity index (χ3n) is 15.2. The number of benzene rings is 13. The highest BCUT2D eigenvalue weighted by molar-refractivity contribution is 6.29. The quantitative estimate of drug-likeness (QED) is 0.140. The number of anilines is 10. The van der Waals surface area contributed by atoms with Gasteiger partial charge >= 0.3 is 0 Å². The van der Waals surface area contributed by atoms with Gasteiger partial charge < -0.3 is 20.0 Å². The zero-order valence-electron chi connectivity index (χ0n) is 38.9. The number of fused-ring (bicyclic) bond motifs is 12. The average molecular weight is 905 g/mol. The Hall–Kier alpha value is -9.38. The molecule has 15 rings (SSSR count). The summed E-state index contributed by atoms with van der Waals surface area (Å²) in [5, 5.41) is 18.4. The van der Waals surface area contributed by atoms with Gasteiger partial charge in [-0.3, -0.25) is 0 Å². The van der Waals surface area contributed by atoms with Crippen molar-refractivity contribution >= 4 is 122 Å². The first-order valence-corrected chi connectivity index (χ1v) is 24.5. The first-order chi connectivity index (χ1) is 35.2. The molecule has 0 amide bonds. The van der Waals surface area contributed by atoms with Crippen LogP contribution in [0.5, 0.6) is 0 Å². The van der Waals surface area contributed by atoms with Crippen LogP contribution >= 0.6 is 0 Å². The molecule has 4 nitrogen and oxygen atoms in total. The zero-order chi connectivity index (χ0) is 46.7. The van der Waals surface area contributed by atoms with E-state index in [0.29, 0.717) is 0 Å². The van der Waals surface area contributed by atoms with Gasteiger partial charge in [-0.1, -0.05) is 158 Å². The van der Waals surface area contributed by atoms with Gasteiger partial charge in [-0.2, -0.15) is 0 Å². The van der Waals surface area contributed by atoms with E-state index >= 15 is 0 Å². The molecule has 332 valence electrons. The van der Waals surface area contributed by atoms with Crippen LogP contribution in [0.1, 0.15) is 0 Å². The molecule has 0 atom stereocenters. The van der Waals surface area contributed by atoms with E-state index in [9.17, 15) is 0 Å². The van der Waals surface area contributed by atoms with Crippen molar-refractivity contribution in [2.45, 2.75) is 0 Å². The number of hydrogen-bond donors (Lipinski definition) is 1. The molecule has 13 aromatic carbocycles. The maximum atomic E-state index is 3.74. The molecule has 0 radical (unpaired) electrons. The molecule has 2 aliphatic rings. The lowest BCUT2D eigenvalue weighted by Crippen LogP contribution is -2.23. The summed E-state index contributed by atoms with van der Waals surface area (Å²) in [6.45, 7) is 0. The van der Waals surface area contributed by atoms with Crippen molar-refractivity contribution in [2.24, 2.45) is 0 Å². The lowest BCUT2D eigenvalue weighted by Gasteiger charge is -2.38. The molecular formula is C67H44N4. The average Bonchev–Trinajstić information content (AvgIpc) is 3.43. The highest BCUT2D eigenvalue weighted by atomic mass is 15.3. The molecular weight excluding hydrogens is 861 g/mol. The van der Waals surface area contributed by atoms with Crippen LogP contribution in [0.2, 0.25) is 0 Å². The fraction of sp³-hybridized carbons (Fsp3) is 0.0149. The van der Waals surface area contributed by atoms with E-state index in [1.807, 2.05) is 0 Å². The third-order valence-corrected chi connectivity index (χ3v) is 15.2. The van der Waals surface area contributed by atoms with Gasteiger partial charge in [0.2, 0.25) is 0 Å². The van der Waals surface area contributed by atoms with Crippen LogP contribution in [0.3, 0.4) is 0 Å². The molecule has 2 aliphatic heterocycles. The van der Waals surface area contributed by atoms with E-state index in [2.05, 4.69) is 270 Å². The minimum Gasteiger partial charge on any atom is -0.352 e. The first-order valence-electron chi connectivity index (χ1n) is 24.5. The SMILES string of the molecule is CN1c2ccccc2N(c2ccc3c(-c4cc5ccccc5c5ccccc45)c4cc(N5c6ccccc6Nc6ccccc65)ccc4c(-c4cc5ccccc5c5ccccc45)c3c2)c2ccccc21. The van der Waals surface area contributed by atoms with Gasteiger partial charge in [0.1, 0.15) is 0 Å². The monoisotopic (exact) mass is 904 g/mol. The van der Waals surface area contributed by atoms with Crippen LogP contribution in [0.25, 0.3) is 86.9 Å². The maximum Gasteiger partial charge on any atom is 0.0699 e. The van der Waals surface area contributed by atoms with Gasteiger partial charge in [0.05, 0.1) is 45.5 Å². The maximum absolute atomic E-state index is 3.74. The van der Waals surface area contributed by atoms with E-state index < -0.39 is 0 Å². The molecule has 0 saturated heterocycles. The second kappa shape index (κ2) is 15.3. The number of rotatable bonds is 4. The Kier molecular flexibility index (Phi) is 8.54. The van der Waals surface area contributed by atoms with Gasteiger partial charge in [-0.05, 0) is 172 Å². The highest BCUT2D eigenvalue weighted by Gasteiger charge is 2.30. The lowest BCUT2D eigenvalue weighted by molar-refractivity contribution is 1.13. The molecule has 71 heavy (non-hydrogen) atoms. The molecule has 0 aromatic heterocycles. The Morgan fingerprint density at radius 1 is 0.268 bits per heavy atom. The molecule has 2 heterocycles. The second-order valence-corrected chi connectivity index (χ2v) is 19.0. The van der Waals surface area contributed by atoms with Gasteiger partial charge in [-0.25, -0.2) is 0 Å². The van der Waals surface area contributed by atoms with Crippen molar-refractivity contribution in [2.75, 3.05) is 27.1 Å². The standard InChI is InChI=1S/C67H44N4/c1-69-62-30-14-16-32-64(62)71(65-33-17-15-31-63(65)69)45-35-37-53-57(41-45)67(55-39-43-19-3-5-21-47(43)49-23-7-9-25-51(49)55)52-36-34-44(70-60-28-12-10-26-58(60)68-59-27-11-13-29-61(59)70)40-56(52)66(53)54-38-42-18-2-4-20-46(42)48-22-6-8-24-50(48)54/h2-41,68H,1H3. The van der Waals surface area contributed by atoms with Crippen molar-refractivity contribution < 1.29 is 0 Å². The second-order valence-electron chi connectivity index (χ2n) is 19.0. The van der Waals surface area contributed by atoms with Crippen molar-refractivity contribution in [1.29, 1.82) is 0 Å². The highest BCUT2D eigenvalue weighted by Crippen LogP contribution is 2.55. The number of nitrogens with one attached hydrogen (secondary N) is 1. The van der Waals surface area contributed by atoms with Gasteiger partial charge in [0, 0.05) is 18.4 Å². The van der Waals surface area contributed by atoms with E-state index in [1.54, 1.807) is 0 Å². The van der Waals surface area contributed by atoms with E-state index in [0.717, 1.165) is 56.9 Å². The Morgan fingerprint density at radius 2 is 0.620 bits per heavy atom. The summed E-state index contributed by atoms with van der Waals surface area (Å²) in [6, 6.07) is 90.0. The van der Waals surface area contributed by atoms with Crippen molar-refractivity contribution in [3.63, 3.8) is 0 Å². The molecule has 1 N–H and O–H groups in total. The van der Waals surface area contributed by atoms with Gasteiger partial charge in [0.25, 0.3) is 0 Å². The van der Waals surface area contributed by atoms with Crippen LogP contribution in [-0.2, 0) is 0 Å². The summed E-state index contributed by atoms with van der Waals surface area (Å²) >= 11 is 0. The molecule has 13 aromatic rings. The van der Waals surface area contributed by atoms with Crippen LogP contribution < -0.4 is 20.0 Å².